The first kappa shape index (κ1) is 26.1. The fraction of sp³-hybridized carbons (Fsp3) is 0.296. The molecule has 0 bridgehead atoms. The van der Waals surface area contributed by atoms with Crippen molar-refractivity contribution >= 4 is 21.6 Å². The number of nitrogens with one attached hydrogen (secondary N) is 1. The second-order valence-electron chi connectivity index (χ2n) is 8.52. The number of amides is 1. The summed E-state index contributed by atoms with van der Waals surface area (Å²) in [5.41, 5.74) is 5.45. The van der Waals surface area contributed by atoms with E-state index < -0.39 is 10.0 Å². The third-order valence-corrected chi connectivity index (χ3v) is 7.98. The van der Waals surface area contributed by atoms with Crippen LogP contribution in [-0.2, 0) is 10.0 Å². The first-order valence-corrected chi connectivity index (χ1v) is 12.6. The van der Waals surface area contributed by atoms with Gasteiger partial charge in [0.25, 0.3) is 15.9 Å². The van der Waals surface area contributed by atoms with Crippen molar-refractivity contribution in [2.75, 3.05) is 25.6 Å². The Balaban J connectivity index is 1.78. The van der Waals surface area contributed by atoms with E-state index in [4.69, 9.17) is 9.47 Å². The standard InChI is InChI=1S/C27H32N2O5S/c1-17-14-19(3)24(15-18(17)2)20(4)28-27(30)21-8-10-22(11-9-21)29(5)35(31,32)23-12-13-25(33-6)26(16-23)34-7/h8-16,20H,1-7H3,(H,28,30)/t20-/m0/s1. The topological polar surface area (TPSA) is 84.9 Å². The third-order valence-electron chi connectivity index (χ3n) is 6.20. The van der Waals surface area contributed by atoms with Crippen LogP contribution in [-0.4, -0.2) is 35.6 Å². The molecule has 8 heteroatoms. The number of rotatable bonds is 8. The number of anilines is 1. The molecule has 3 aromatic rings. The van der Waals surface area contributed by atoms with Crippen LogP contribution in [0.1, 0.15) is 45.6 Å². The molecule has 0 spiro atoms. The number of benzene rings is 3. The summed E-state index contributed by atoms with van der Waals surface area (Å²) < 4.78 is 37.9. The van der Waals surface area contributed by atoms with Crippen LogP contribution in [0.2, 0.25) is 0 Å². The average molecular weight is 497 g/mol. The Morgan fingerprint density at radius 3 is 2.06 bits per heavy atom. The second-order valence-corrected chi connectivity index (χ2v) is 10.5. The van der Waals surface area contributed by atoms with Gasteiger partial charge in [-0.3, -0.25) is 9.10 Å². The molecule has 1 amide bonds. The van der Waals surface area contributed by atoms with E-state index in [2.05, 4.69) is 31.3 Å². The van der Waals surface area contributed by atoms with Gasteiger partial charge in [0.15, 0.2) is 11.5 Å². The number of hydrogen-bond donors (Lipinski definition) is 1. The van der Waals surface area contributed by atoms with Crippen molar-refractivity contribution in [2.45, 2.75) is 38.6 Å². The molecular formula is C27H32N2O5S. The molecule has 0 saturated heterocycles. The lowest BCUT2D eigenvalue weighted by Crippen LogP contribution is -2.28. The van der Waals surface area contributed by atoms with E-state index >= 15 is 0 Å². The highest BCUT2D eigenvalue weighted by Gasteiger charge is 2.23. The molecule has 3 rings (SSSR count). The minimum atomic E-state index is -3.85. The fourth-order valence-electron chi connectivity index (χ4n) is 3.90. The van der Waals surface area contributed by atoms with Gasteiger partial charge < -0.3 is 14.8 Å². The van der Waals surface area contributed by atoms with Gasteiger partial charge in [0.05, 0.1) is 30.8 Å². The molecule has 0 saturated carbocycles. The van der Waals surface area contributed by atoms with Gasteiger partial charge in [-0.15, -0.1) is 0 Å². The van der Waals surface area contributed by atoms with Crippen LogP contribution in [0.25, 0.3) is 0 Å². The predicted molar refractivity (Wildman–Crippen MR) is 138 cm³/mol. The van der Waals surface area contributed by atoms with Crippen molar-refractivity contribution < 1.29 is 22.7 Å². The van der Waals surface area contributed by atoms with E-state index in [0.717, 1.165) is 15.4 Å². The highest BCUT2D eigenvalue weighted by molar-refractivity contribution is 7.92. The molecule has 0 aliphatic rings. The molecule has 0 unspecified atom stereocenters. The van der Waals surface area contributed by atoms with Crippen molar-refractivity contribution in [3.63, 3.8) is 0 Å². The van der Waals surface area contributed by atoms with Gasteiger partial charge in [-0.2, -0.15) is 0 Å². The van der Waals surface area contributed by atoms with E-state index in [0.29, 0.717) is 22.7 Å². The Morgan fingerprint density at radius 1 is 0.857 bits per heavy atom. The molecule has 7 nitrogen and oxygen atoms in total. The van der Waals surface area contributed by atoms with Crippen LogP contribution in [0.3, 0.4) is 0 Å². The summed E-state index contributed by atoms with van der Waals surface area (Å²) in [6.07, 6.45) is 0. The molecule has 0 heterocycles. The summed E-state index contributed by atoms with van der Waals surface area (Å²) in [7, 11) is 0.545. The van der Waals surface area contributed by atoms with E-state index in [1.54, 1.807) is 30.3 Å². The largest absolute Gasteiger partial charge is 0.493 e. The molecule has 1 atom stereocenters. The number of carbonyl (C=O) groups excluding carboxylic acids is 1. The monoisotopic (exact) mass is 496 g/mol. The lowest BCUT2D eigenvalue weighted by molar-refractivity contribution is 0.0940. The molecule has 1 N–H and O–H groups in total. The molecule has 0 aromatic heterocycles. The van der Waals surface area contributed by atoms with Crippen LogP contribution in [0.15, 0.2) is 59.5 Å². The molecular weight excluding hydrogens is 464 g/mol. The fourth-order valence-corrected chi connectivity index (χ4v) is 5.12. The van der Waals surface area contributed by atoms with Gasteiger partial charge in [0.1, 0.15) is 0 Å². The van der Waals surface area contributed by atoms with Crippen molar-refractivity contribution in [3.8, 4) is 11.5 Å². The Hall–Kier alpha value is -3.52. The third kappa shape index (κ3) is 5.43. The van der Waals surface area contributed by atoms with Gasteiger partial charge in [0.2, 0.25) is 0 Å². The molecule has 35 heavy (non-hydrogen) atoms. The van der Waals surface area contributed by atoms with Crippen LogP contribution < -0.4 is 19.1 Å². The van der Waals surface area contributed by atoms with E-state index in [9.17, 15) is 13.2 Å². The average Bonchev–Trinajstić information content (AvgIpc) is 2.85. The van der Waals surface area contributed by atoms with Crippen LogP contribution >= 0.6 is 0 Å². The number of carbonyl (C=O) groups is 1. The number of sulfonamides is 1. The molecule has 0 aliphatic heterocycles. The number of methoxy groups -OCH3 is 2. The van der Waals surface area contributed by atoms with Crippen LogP contribution in [0, 0.1) is 20.8 Å². The zero-order valence-corrected chi connectivity index (χ0v) is 22.0. The minimum Gasteiger partial charge on any atom is -0.493 e. The Labute approximate surface area is 207 Å². The smallest absolute Gasteiger partial charge is 0.264 e. The normalized spacial score (nSPS) is 12.1. The summed E-state index contributed by atoms with van der Waals surface area (Å²) in [6.45, 7) is 8.11. The lowest BCUT2D eigenvalue weighted by atomic mass is 9.96. The number of nitrogens with zero attached hydrogens (tertiary/aromatic N) is 1. The van der Waals surface area contributed by atoms with Crippen molar-refractivity contribution in [2.24, 2.45) is 0 Å². The van der Waals surface area contributed by atoms with E-state index in [1.165, 1.54) is 44.5 Å². The summed E-state index contributed by atoms with van der Waals surface area (Å²) in [5.74, 6) is 0.531. The summed E-state index contributed by atoms with van der Waals surface area (Å²) >= 11 is 0. The first-order chi connectivity index (χ1) is 16.5. The maximum absolute atomic E-state index is 13.2. The quantitative estimate of drug-likeness (QED) is 0.477. The molecule has 186 valence electrons. The van der Waals surface area contributed by atoms with Gasteiger partial charge >= 0.3 is 0 Å². The Bertz CT molecular complexity index is 1330. The second kappa shape index (κ2) is 10.4. The molecule has 0 aliphatic carbocycles. The first-order valence-electron chi connectivity index (χ1n) is 11.2. The predicted octanol–water partition coefficient (Wildman–Crippen LogP) is 4.95. The molecule has 3 aromatic carbocycles. The van der Waals surface area contributed by atoms with Crippen LogP contribution in [0.5, 0.6) is 11.5 Å². The maximum Gasteiger partial charge on any atom is 0.264 e. The van der Waals surface area contributed by atoms with E-state index in [-0.39, 0.29) is 16.8 Å². The summed E-state index contributed by atoms with van der Waals surface area (Å²) in [4.78, 5) is 12.9. The minimum absolute atomic E-state index is 0.0667. The van der Waals surface area contributed by atoms with Gasteiger partial charge in [-0.25, -0.2) is 8.42 Å². The summed E-state index contributed by atoms with van der Waals surface area (Å²) in [5, 5.41) is 3.03. The molecule has 0 fully saturated rings. The SMILES string of the molecule is COc1ccc(S(=O)(=O)N(C)c2ccc(C(=O)N[C@@H](C)c3cc(C)c(C)cc3C)cc2)cc1OC. The van der Waals surface area contributed by atoms with Gasteiger partial charge in [-0.1, -0.05) is 12.1 Å². The number of aryl methyl sites for hydroxylation is 3. The lowest BCUT2D eigenvalue weighted by Gasteiger charge is -2.21. The van der Waals surface area contributed by atoms with Gasteiger partial charge in [-0.05, 0) is 86.3 Å². The zero-order chi connectivity index (χ0) is 25.9. The summed E-state index contributed by atoms with van der Waals surface area (Å²) in [6, 6.07) is 14.9. The number of hydrogen-bond acceptors (Lipinski definition) is 5. The number of ether oxygens (including phenoxy) is 2. The Morgan fingerprint density at radius 2 is 1.46 bits per heavy atom. The van der Waals surface area contributed by atoms with Crippen LogP contribution in [0.4, 0.5) is 5.69 Å². The van der Waals surface area contributed by atoms with Crippen molar-refractivity contribution in [1.29, 1.82) is 0 Å². The maximum atomic E-state index is 13.2. The zero-order valence-electron chi connectivity index (χ0n) is 21.2. The van der Waals surface area contributed by atoms with E-state index in [1.807, 2.05) is 13.8 Å². The Kier molecular flexibility index (Phi) is 7.75. The van der Waals surface area contributed by atoms with Crippen molar-refractivity contribution in [3.05, 3.63) is 82.4 Å². The van der Waals surface area contributed by atoms with Gasteiger partial charge in [0, 0.05) is 18.7 Å². The van der Waals surface area contributed by atoms with Crippen molar-refractivity contribution in [1.82, 2.24) is 5.32 Å². The highest BCUT2D eigenvalue weighted by atomic mass is 32.2. The molecule has 0 radical (unpaired) electrons. The highest BCUT2D eigenvalue weighted by Crippen LogP contribution is 2.31.